The average molecular weight is 225 g/mol. The van der Waals surface area contributed by atoms with Gasteiger partial charge in [0.05, 0.1) is 25.1 Å². The minimum absolute atomic E-state index is 0.359. The standard InChI is InChI=1S/C7H15NO5S/c9-7(6-14-13-12-10)5-8-1-3-11-4-2-8/h7,9-10H,1-6H2. The Balaban J connectivity index is 2.03. The molecule has 1 unspecified atom stereocenters. The topological polar surface area (TPSA) is 71.4 Å². The Kier molecular flexibility index (Phi) is 6.45. The molecule has 1 aliphatic rings. The fourth-order valence-corrected chi connectivity index (χ4v) is 1.62. The molecule has 0 aromatic rings. The van der Waals surface area contributed by atoms with E-state index in [0.717, 1.165) is 38.3 Å². The van der Waals surface area contributed by atoms with Gasteiger partial charge >= 0.3 is 0 Å². The van der Waals surface area contributed by atoms with E-state index >= 15 is 0 Å². The minimum atomic E-state index is -0.492. The van der Waals surface area contributed by atoms with Crippen LogP contribution in [-0.4, -0.2) is 60.0 Å². The molecule has 6 nitrogen and oxygen atoms in total. The van der Waals surface area contributed by atoms with E-state index in [1.165, 1.54) is 0 Å². The molecular weight excluding hydrogens is 210 g/mol. The van der Waals surface area contributed by atoms with Crippen LogP contribution in [0.1, 0.15) is 0 Å². The van der Waals surface area contributed by atoms with Crippen LogP contribution in [0.15, 0.2) is 0 Å². The van der Waals surface area contributed by atoms with E-state index in [0.29, 0.717) is 12.3 Å². The van der Waals surface area contributed by atoms with Crippen molar-refractivity contribution in [2.75, 3.05) is 38.6 Å². The van der Waals surface area contributed by atoms with Crippen molar-refractivity contribution in [2.24, 2.45) is 0 Å². The Hall–Kier alpha value is 0.110. The Morgan fingerprint density at radius 2 is 2.14 bits per heavy atom. The van der Waals surface area contributed by atoms with Gasteiger partial charge in [0.2, 0.25) is 0 Å². The molecule has 1 atom stereocenters. The van der Waals surface area contributed by atoms with Gasteiger partial charge in [0.25, 0.3) is 0 Å². The van der Waals surface area contributed by atoms with Crippen LogP contribution in [0.2, 0.25) is 0 Å². The molecule has 0 radical (unpaired) electrons. The van der Waals surface area contributed by atoms with Crippen LogP contribution in [0.25, 0.3) is 0 Å². The first kappa shape index (κ1) is 12.2. The quantitative estimate of drug-likeness (QED) is 0.279. The summed E-state index contributed by atoms with van der Waals surface area (Å²) >= 11 is 0.870. The van der Waals surface area contributed by atoms with Crippen LogP contribution in [0.3, 0.4) is 0 Å². The van der Waals surface area contributed by atoms with Gasteiger partial charge in [0, 0.05) is 31.7 Å². The zero-order valence-electron chi connectivity index (χ0n) is 7.79. The fraction of sp³-hybridized carbons (Fsp3) is 1.00. The van der Waals surface area contributed by atoms with E-state index in [2.05, 4.69) is 14.3 Å². The SMILES string of the molecule is OOOSCC(O)CN1CCOCC1. The van der Waals surface area contributed by atoms with E-state index in [1.54, 1.807) is 0 Å². The third-order valence-electron chi connectivity index (χ3n) is 1.91. The summed E-state index contributed by atoms with van der Waals surface area (Å²) in [5.74, 6) is 0.359. The monoisotopic (exact) mass is 225 g/mol. The number of morpholine rings is 1. The maximum Gasteiger partial charge on any atom is 0.0780 e. The van der Waals surface area contributed by atoms with Gasteiger partial charge in [-0.05, 0) is 0 Å². The van der Waals surface area contributed by atoms with Gasteiger partial charge in [-0.3, -0.25) is 4.90 Å². The van der Waals surface area contributed by atoms with Crippen LogP contribution in [0.5, 0.6) is 0 Å². The fourth-order valence-electron chi connectivity index (χ4n) is 1.26. The van der Waals surface area contributed by atoms with Crippen LogP contribution >= 0.6 is 12.0 Å². The molecule has 0 bridgehead atoms. The van der Waals surface area contributed by atoms with E-state index in [4.69, 9.17) is 9.99 Å². The second-order valence-electron chi connectivity index (χ2n) is 2.99. The summed E-state index contributed by atoms with van der Waals surface area (Å²) in [6.45, 7) is 3.72. The van der Waals surface area contributed by atoms with E-state index in [1.807, 2.05) is 0 Å². The van der Waals surface area contributed by atoms with Crippen LogP contribution in [-0.2, 0) is 14.1 Å². The molecule has 1 saturated heterocycles. The highest BCUT2D eigenvalue weighted by Gasteiger charge is 2.14. The molecule has 0 aliphatic carbocycles. The first-order valence-electron chi connectivity index (χ1n) is 4.41. The molecule has 0 amide bonds. The highest BCUT2D eigenvalue weighted by Crippen LogP contribution is 2.06. The van der Waals surface area contributed by atoms with Gasteiger partial charge in [-0.2, -0.15) is 0 Å². The Labute approximate surface area is 86.8 Å². The van der Waals surface area contributed by atoms with Crippen LogP contribution < -0.4 is 0 Å². The summed E-state index contributed by atoms with van der Waals surface area (Å²) in [5, 5.41) is 20.8. The molecule has 1 aliphatic heterocycles. The van der Waals surface area contributed by atoms with Crippen molar-refractivity contribution in [3.05, 3.63) is 0 Å². The third kappa shape index (κ3) is 5.11. The lowest BCUT2D eigenvalue weighted by molar-refractivity contribution is -0.432. The largest absolute Gasteiger partial charge is 0.391 e. The molecule has 14 heavy (non-hydrogen) atoms. The number of aliphatic hydroxyl groups excluding tert-OH is 1. The zero-order valence-corrected chi connectivity index (χ0v) is 8.61. The smallest absolute Gasteiger partial charge is 0.0780 e. The Morgan fingerprint density at radius 3 is 2.79 bits per heavy atom. The molecule has 0 spiro atoms. The third-order valence-corrected chi connectivity index (χ3v) is 2.59. The van der Waals surface area contributed by atoms with Gasteiger partial charge < -0.3 is 9.84 Å². The summed E-state index contributed by atoms with van der Waals surface area (Å²) in [5.41, 5.74) is 0. The zero-order chi connectivity index (χ0) is 10.2. The number of hydrogen-bond donors (Lipinski definition) is 2. The number of rotatable bonds is 6. The first-order valence-corrected chi connectivity index (χ1v) is 5.32. The number of β-amino-alcohol motifs (C(OH)–C–C–N with tert-alkyl or cyclic N) is 1. The van der Waals surface area contributed by atoms with Crippen LogP contribution in [0, 0.1) is 0 Å². The van der Waals surface area contributed by atoms with Crippen molar-refractivity contribution in [1.29, 1.82) is 0 Å². The maximum atomic E-state index is 9.51. The highest BCUT2D eigenvalue weighted by molar-refractivity contribution is 7.94. The van der Waals surface area contributed by atoms with E-state index < -0.39 is 6.10 Å². The maximum absolute atomic E-state index is 9.51. The summed E-state index contributed by atoms with van der Waals surface area (Å²) in [6, 6.07) is 0. The summed E-state index contributed by atoms with van der Waals surface area (Å²) < 4.78 is 9.34. The first-order chi connectivity index (χ1) is 6.83. The number of ether oxygens (including phenoxy) is 1. The van der Waals surface area contributed by atoms with Crippen molar-refractivity contribution in [3.63, 3.8) is 0 Å². The van der Waals surface area contributed by atoms with E-state index in [-0.39, 0.29) is 0 Å². The summed E-state index contributed by atoms with van der Waals surface area (Å²) in [7, 11) is 0. The Morgan fingerprint density at radius 1 is 1.43 bits per heavy atom. The van der Waals surface area contributed by atoms with Gasteiger partial charge in [-0.15, -0.1) is 4.33 Å². The van der Waals surface area contributed by atoms with Gasteiger partial charge in [0.1, 0.15) is 0 Å². The summed E-state index contributed by atoms with van der Waals surface area (Å²) in [6.07, 6.45) is -0.492. The van der Waals surface area contributed by atoms with Crippen molar-refractivity contribution in [3.8, 4) is 0 Å². The lowest BCUT2D eigenvalue weighted by Gasteiger charge is -2.28. The predicted octanol–water partition coefficient (Wildman–Crippen LogP) is -0.251. The second kappa shape index (κ2) is 7.41. The summed E-state index contributed by atoms with van der Waals surface area (Å²) in [4.78, 5) is 2.12. The van der Waals surface area contributed by atoms with Crippen molar-refractivity contribution in [1.82, 2.24) is 4.90 Å². The van der Waals surface area contributed by atoms with Gasteiger partial charge in [0.15, 0.2) is 0 Å². The van der Waals surface area contributed by atoms with Crippen LogP contribution in [0.4, 0.5) is 0 Å². The Bertz CT molecular complexity index is 144. The molecule has 1 rings (SSSR count). The predicted molar refractivity (Wildman–Crippen MR) is 50.5 cm³/mol. The average Bonchev–Trinajstić information content (AvgIpc) is 2.20. The van der Waals surface area contributed by atoms with Gasteiger partial charge in [-0.1, -0.05) is 5.04 Å². The molecule has 2 N–H and O–H groups in total. The molecule has 0 aromatic carbocycles. The molecular formula is C7H15NO5S. The second-order valence-corrected chi connectivity index (χ2v) is 3.70. The van der Waals surface area contributed by atoms with E-state index in [9.17, 15) is 5.11 Å². The normalized spacial score (nSPS) is 21.0. The van der Waals surface area contributed by atoms with Crippen molar-refractivity contribution >= 4 is 12.0 Å². The number of hydrogen-bond acceptors (Lipinski definition) is 7. The van der Waals surface area contributed by atoms with Crippen molar-refractivity contribution < 1.29 is 24.5 Å². The minimum Gasteiger partial charge on any atom is -0.391 e. The lowest BCUT2D eigenvalue weighted by Crippen LogP contribution is -2.41. The molecule has 0 saturated carbocycles. The number of aliphatic hydroxyl groups is 1. The molecule has 84 valence electrons. The van der Waals surface area contributed by atoms with Gasteiger partial charge in [-0.25, -0.2) is 5.26 Å². The number of nitrogens with zero attached hydrogens (tertiary/aromatic N) is 1. The molecule has 7 heteroatoms. The van der Waals surface area contributed by atoms with Crippen molar-refractivity contribution in [2.45, 2.75) is 6.10 Å². The highest BCUT2D eigenvalue weighted by atomic mass is 32.2. The molecule has 0 aromatic heterocycles. The molecule has 1 fully saturated rings. The molecule has 1 heterocycles. The lowest BCUT2D eigenvalue weighted by atomic mass is 10.3.